The van der Waals surface area contributed by atoms with Crippen molar-refractivity contribution in [1.82, 2.24) is 59.5 Å². The van der Waals surface area contributed by atoms with E-state index in [1.807, 2.05) is 81.6 Å². The van der Waals surface area contributed by atoms with Gasteiger partial charge >= 0.3 is 0 Å². The van der Waals surface area contributed by atoms with E-state index in [9.17, 15) is 0 Å². The van der Waals surface area contributed by atoms with Gasteiger partial charge < -0.3 is 31.1 Å². The molecule has 4 unspecified atom stereocenters. The lowest BCUT2D eigenvalue weighted by Gasteiger charge is -2.33. The highest BCUT2D eigenvalue weighted by atomic mass is 32.1. The third-order valence-corrected chi connectivity index (χ3v) is 24.2. The molecule has 5 aliphatic heterocycles. The first-order valence-corrected chi connectivity index (χ1v) is 38.3. The Morgan fingerprint density at radius 1 is 0.377 bits per heavy atom. The number of nitrogens with zero attached hydrogens (tertiary/aromatic N) is 17. The van der Waals surface area contributed by atoms with Crippen LogP contribution in [0.3, 0.4) is 0 Å². The van der Waals surface area contributed by atoms with Crippen molar-refractivity contribution in [2.75, 3.05) is 54.4 Å². The summed E-state index contributed by atoms with van der Waals surface area (Å²) in [5, 5.41) is 2.15. The number of guanidine groups is 2. The number of aryl methyl sites for hydroxylation is 3. The molecule has 5 spiro atoms. The Hall–Kier alpha value is -10.7. The maximum atomic E-state index is 6.01. The molecule has 0 saturated heterocycles. The van der Waals surface area contributed by atoms with Gasteiger partial charge in [-0.1, -0.05) is 97.1 Å². The van der Waals surface area contributed by atoms with E-state index in [2.05, 4.69) is 190 Å². The van der Waals surface area contributed by atoms with E-state index in [0.29, 0.717) is 11.9 Å². The summed E-state index contributed by atoms with van der Waals surface area (Å²) >= 11 is 1.67. The van der Waals surface area contributed by atoms with E-state index in [4.69, 9.17) is 36.4 Å². The van der Waals surface area contributed by atoms with E-state index in [1.54, 1.807) is 30.3 Å². The van der Waals surface area contributed by atoms with Crippen LogP contribution < -0.4 is 11.5 Å². The minimum Gasteiger partial charge on any atom is -0.370 e. The Bertz CT molecular complexity index is 5030. The number of thiazole rings is 1. The number of amidine groups is 1. The number of hydrogen-bond donors (Lipinski definition) is 2. The quantitative estimate of drug-likeness (QED) is 0.163. The fourth-order valence-electron chi connectivity index (χ4n) is 18.4. The summed E-state index contributed by atoms with van der Waals surface area (Å²) in [4.78, 5) is 66.6. The zero-order chi connectivity index (χ0) is 72.6. The first-order chi connectivity index (χ1) is 51.5. The van der Waals surface area contributed by atoms with Crippen molar-refractivity contribution in [3.05, 3.63) is 238 Å². The molecule has 5 aliphatic carbocycles. The van der Waals surface area contributed by atoms with Crippen molar-refractivity contribution in [3.8, 4) is 55.8 Å². The van der Waals surface area contributed by atoms with Gasteiger partial charge in [-0.25, -0.2) is 44.9 Å². The molecule has 106 heavy (non-hydrogen) atoms. The first kappa shape index (κ1) is 69.6. The summed E-state index contributed by atoms with van der Waals surface area (Å²) < 4.78 is 0. The van der Waals surface area contributed by atoms with E-state index in [1.165, 1.54) is 114 Å². The number of aliphatic imine (C=N–C) groups is 5. The fourth-order valence-corrected chi connectivity index (χ4v) is 19.0. The van der Waals surface area contributed by atoms with Crippen molar-refractivity contribution in [1.29, 1.82) is 0 Å². The van der Waals surface area contributed by atoms with Gasteiger partial charge in [0.2, 0.25) is 0 Å². The smallest absolute Gasteiger partial charge is 0.191 e. The second kappa shape index (κ2) is 29.0. The molecule has 5 atom stereocenters. The second-order valence-electron chi connectivity index (χ2n) is 31.1. The summed E-state index contributed by atoms with van der Waals surface area (Å²) in [6.45, 7) is 8.14. The highest BCUT2D eigenvalue weighted by molar-refractivity contribution is 7.07. The predicted molar refractivity (Wildman–Crippen MR) is 426 cm³/mol. The Kier molecular flexibility index (Phi) is 19.0. The van der Waals surface area contributed by atoms with Crippen molar-refractivity contribution >= 4 is 41.1 Å². The molecule has 0 amide bonds. The van der Waals surface area contributed by atoms with Crippen LogP contribution in [0.2, 0.25) is 0 Å². The lowest BCUT2D eigenvalue weighted by molar-refractivity contribution is 0.335. The summed E-state index contributed by atoms with van der Waals surface area (Å²) in [5.41, 5.74) is 41.7. The number of fused-ring (bicyclic) bond motifs is 5. The van der Waals surface area contributed by atoms with E-state index in [-0.39, 0.29) is 27.7 Å². The van der Waals surface area contributed by atoms with Crippen molar-refractivity contribution in [2.45, 2.75) is 144 Å². The maximum Gasteiger partial charge on any atom is 0.191 e. The second-order valence-corrected chi connectivity index (χ2v) is 31.8. The lowest BCUT2D eigenvalue weighted by Crippen LogP contribution is -2.39. The van der Waals surface area contributed by atoms with Crippen molar-refractivity contribution < 1.29 is 0 Å². The van der Waals surface area contributed by atoms with Gasteiger partial charge in [0, 0.05) is 169 Å². The largest absolute Gasteiger partial charge is 0.370 e. The zero-order valence-electron chi connectivity index (χ0n) is 61.7. The Balaban J connectivity index is 0.000000102. The van der Waals surface area contributed by atoms with Crippen molar-refractivity contribution in [2.24, 2.45) is 36.4 Å². The van der Waals surface area contributed by atoms with E-state index >= 15 is 0 Å². The number of rotatable bonds is 5. The fraction of sp³-hybridized carbons (Fsp3) is 0.360. The van der Waals surface area contributed by atoms with Gasteiger partial charge in [-0.05, 0) is 175 Å². The molecular weight excluding hydrogens is 1330 g/mol. The van der Waals surface area contributed by atoms with Crippen LogP contribution >= 0.6 is 11.3 Å². The summed E-state index contributed by atoms with van der Waals surface area (Å²) in [6, 6.07) is 37.0. The SMILES string of the molecule is CC1=NC2(CC1)CCc1cccc(-c3cscn3)c1C2.CC1=NC2(Cc3cccc(-c4cncnc4)c3C2)CN1C.CN1C=NC2(CCc3cccc(-c4cncnc4)c3C2)C1.CN1CC2(CCc3cccc(-c4cncnc4)c3C2)N=C1N.CN1C[C@@]2(CCc3c(cccc3-c3cccnc3)C2)N=C1N. The molecule has 5 aromatic carbocycles. The molecule has 0 bridgehead atoms. The van der Waals surface area contributed by atoms with Gasteiger partial charge in [0.15, 0.2) is 11.9 Å². The number of nitrogens with two attached hydrogens (primary N) is 2. The topological polar surface area (TPSA) is 230 Å². The summed E-state index contributed by atoms with van der Waals surface area (Å²) in [5.74, 6) is 2.48. The normalized spacial score (nSPS) is 23.8. The molecule has 0 saturated carbocycles. The van der Waals surface area contributed by atoms with E-state index < -0.39 is 0 Å². The van der Waals surface area contributed by atoms with Gasteiger partial charge in [-0.2, -0.15) is 0 Å². The maximum absolute atomic E-state index is 6.01. The summed E-state index contributed by atoms with van der Waals surface area (Å²) in [7, 11) is 8.27. The number of aromatic nitrogens is 8. The number of pyridine rings is 1. The third-order valence-electron chi connectivity index (χ3n) is 23.6. The van der Waals surface area contributed by atoms with E-state index in [0.717, 1.165) is 138 Å². The number of hydrogen-bond acceptors (Lipinski definition) is 20. The minimum absolute atomic E-state index is 0.0284. The number of likely N-dealkylation sites (N-methyl/N-ethyl adjacent to an activating group) is 4. The highest BCUT2D eigenvalue weighted by Gasteiger charge is 2.45. The Morgan fingerprint density at radius 3 is 1.29 bits per heavy atom. The molecule has 0 radical (unpaired) electrons. The van der Waals surface area contributed by atoms with Crippen LogP contribution in [0.25, 0.3) is 55.8 Å². The van der Waals surface area contributed by atoms with Gasteiger partial charge in [0.25, 0.3) is 0 Å². The lowest BCUT2D eigenvalue weighted by atomic mass is 9.75. The van der Waals surface area contributed by atoms with Crippen LogP contribution in [0.4, 0.5) is 0 Å². The first-order valence-electron chi connectivity index (χ1n) is 37.3. The van der Waals surface area contributed by atoms with Crippen LogP contribution in [0.15, 0.2) is 208 Å². The predicted octanol–water partition coefficient (Wildman–Crippen LogP) is 12.8. The average molecular weight is 1420 g/mol. The van der Waals surface area contributed by atoms with Crippen molar-refractivity contribution in [3.63, 3.8) is 0 Å². The molecule has 4 N–H and O–H groups in total. The van der Waals surface area contributed by atoms with Crippen LogP contribution in [-0.4, -0.2) is 171 Å². The molecule has 538 valence electrons. The molecule has 10 aliphatic rings. The van der Waals surface area contributed by atoms with Gasteiger partial charge in [0.05, 0.1) is 51.1 Å². The third kappa shape index (κ3) is 14.2. The molecular formula is C86H93N19S. The van der Waals surface area contributed by atoms with Gasteiger partial charge in [-0.3, -0.25) is 20.0 Å². The highest BCUT2D eigenvalue weighted by Crippen LogP contribution is 2.46. The molecule has 10 aromatic rings. The molecule has 20 heteroatoms. The van der Waals surface area contributed by atoms with Crippen LogP contribution in [0, 0.1) is 0 Å². The average Bonchev–Trinajstić information content (AvgIpc) is 1.54. The molecule has 19 nitrogen and oxygen atoms in total. The van der Waals surface area contributed by atoms with Gasteiger partial charge in [-0.15, -0.1) is 11.3 Å². The zero-order valence-corrected chi connectivity index (χ0v) is 62.5. The Labute approximate surface area is 626 Å². The number of benzene rings is 5. The van der Waals surface area contributed by atoms with Crippen LogP contribution in [0.1, 0.15) is 108 Å². The summed E-state index contributed by atoms with van der Waals surface area (Å²) in [6.07, 6.45) is 39.0. The standard InChI is InChI=1S/C18H20N4.C17H19N5.2C17H18N4.C17H18N2S/c1-22-12-18(21-17(22)19)8-7-16-13(10-18)4-2-6-15(16)14-5-3-9-20-11-14;1-22-10-17(21-16(22)18)6-5-12-3-2-4-14(15(12)7-17)13-8-19-11-20-9-13;1-12-20-17(10-21(12)2)6-13-4-3-5-15(16(13)7-17)14-8-18-11-19-9-14;1-21-10-17(20-12-21)6-5-13-3-2-4-15(16(13)7-17)14-8-18-11-19-9-14;1-12-5-7-17(19-12)8-6-13-3-2-4-14(15(13)9-17)16-10-20-11-18-16/h2-6,9,11H,7-8,10,12H2,1H3,(H2,19,21);2-4,8-9,11H,5-7,10H2,1H3,(H2,18,21);3-5,8-9,11H,6-7,10H2,1-2H3;2-4,8-9,11-12H,5-7,10H2,1H3;2-4,10-11H,5-9H2,1H3/t18-;;;;/m0..../s1. The molecule has 5 aromatic heterocycles. The van der Waals surface area contributed by atoms with Crippen LogP contribution in [-0.2, 0) is 64.2 Å². The Morgan fingerprint density at radius 2 is 0.811 bits per heavy atom. The molecule has 0 fully saturated rings. The van der Waals surface area contributed by atoms with Gasteiger partial charge in [0.1, 0.15) is 19.0 Å². The monoisotopic (exact) mass is 1420 g/mol. The molecule has 20 rings (SSSR count). The minimum atomic E-state index is -0.0719. The molecule has 10 heterocycles. The van der Waals surface area contributed by atoms with Crippen LogP contribution in [0.5, 0.6) is 0 Å².